The Kier molecular flexibility index (Phi) is 3.48. The zero-order valence-electron chi connectivity index (χ0n) is 11.9. The zero-order valence-corrected chi connectivity index (χ0v) is 11.9. The number of ether oxygens (including phenoxy) is 1. The molecule has 0 N–H and O–H groups in total. The summed E-state index contributed by atoms with van der Waals surface area (Å²) in [6, 6.07) is 8.82. The Hall–Kier alpha value is -2.56. The molecule has 5 nitrogen and oxygen atoms in total. The number of rotatable bonds is 4. The van der Waals surface area contributed by atoms with Crippen molar-refractivity contribution in [3.63, 3.8) is 0 Å². The lowest BCUT2D eigenvalue weighted by atomic mass is 10.1. The molecule has 0 radical (unpaired) electrons. The summed E-state index contributed by atoms with van der Waals surface area (Å²) in [5.74, 6) is 1.27. The molecule has 5 heteroatoms. The van der Waals surface area contributed by atoms with Crippen molar-refractivity contribution in [1.82, 2.24) is 5.16 Å². The van der Waals surface area contributed by atoms with Crippen LogP contribution in [0.1, 0.15) is 23.9 Å². The number of hydrogen-bond donors (Lipinski definition) is 0. The molecule has 2 heterocycles. The first-order chi connectivity index (χ1) is 10.2. The van der Waals surface area contributed by atoms with Crippen LogP contribution in [0.4, 0.5) is 0 Å². The van der Waals surface area contributed by atoms with Crippen LogP contribution in [-0.2, 0) is 13.0 Å². The van der Waals surface area contributed by atoms with E-state index in [-0.39, 0.29) is 12.2 Å². The second kappa shape index (κ2) is 5.44. The molecular formula is C16H15NO4. The lowest BCUT2D eigenvalue weighted by molar-refractivity contribution is 0.249. The highest BCUT2D eigenvalue weighted by atomic mass is 16.5. The molecule has 0 saturated heterocycles. The zero-order chi connectivity index (χ0) is 14.8. The summed E-state index contributed by atoms with van der Waals surface area (Å²) in [4.78, 5) is 11.5. The SMILES string of the molecule is CCc1cc(=O)oc2cc(OCc3cc(C)no3)ccc12. The van der Waals surface area contributed by atoms with Crippen LogP contribution in [-0.4, -0.2) is 5.16 Å². The number of benzene rings is 1. The average molecular weight is 285 g/mol. The van der Waals surface area contributed by atoms with E-state index in [1.807, 2.05) is 32.0 Å². The minimum Gasteiger partial charge on any atom is -0.485 e. The van der Waals surface area contributed by atoms with Gasteiger partial charge in [0.05, 0.1) is 5.69 Å². The van der Waals surface area contributed by atoms with E-state index in [0.717, 1.165) is 23.1 Å². The maximum absolute atomic E-state index is 11.5. The summed E-state index contributed by atoms with van der Waals surface area (Å²) in [5, 5.41) is 4.73. The fourth-order valence-electron chi connectivity index (χ4n) is 2.23. The van der Waals surface area contributed by atoms with Crippen LogP contribution in [0.15, 0.2) is 44.1 Å². The van der Waals surface area contributed by atoms with Crippen molar-refractivity contribution in [3.05, 3.63) is 57.8 Å². The molecule has 3 aromatic rings. The van der Waals surface area contributed by atoms with Gasteiger partial charge in [-0.15, -0.1) is 0 Å². The Bertz CT molecular complexity index is 832. The molecule has 108 valence electrons. The molecule has 2 aromatic heterocycles. The highest BCUT2D eigenvalue weighted by Gasteiger charge is 2.07. The van der Waals surface area contributed by atoms with Crippen molar-refractivity contribution in [2.24, 2.45) is 0 Å². The molecule has 0 fully saturated rings. The minimum absolute atomic E-state index is 0.282. The van der Waals surface area contributed by atoms with Gasteiger partial charge < -0.3 is 13.7 Å². The quantitative estimate of drug-likeness (QED) is 0.688. The van der Waals surface area contributed by atoms with E-state index < -0.39 is 0 Å². The molecule has 21 heavy (non-hydrogen) atoms. The smallest absolute Gasteiger partial charge is 0.336 e. The Morgan fingerprint density at radius 3 is 2.81 bits per heavy atom. The molecule has 1 aromatic carbocycles. The van der Waals surface area contributed by atoms with Gasteiger partial charge in [0, 0.05) is 23.6 Å². The lowest BCUT2D eigenvalue weighted by Gasteiger charge is -2.06. The Morgan fingerprint density at radius 2 is 2.10 bits per heavy atom. The number of nitrogens with zero attached hydrogens (tertiary/aromatic N) is 1. The summed E-state index contributed by atoms with van der Waals surface area (Å²) in [7, 11) is 0. The molecule has 0 aliphatic rings. The highest BCUT2D eigenvalue weighted by molar-refractivity contribution is 5.81. The van der Waals surface area contributed by atoms with Gasteiger partial charge in [0.15, 0.2) is 5.76 Å². The van der Waals surface area contributed by atoms with Crippen molar-refractivity contribution in [2.75, 3.05) is 0 Å². The van der Waals surface area contributed by atoms with Crippen LogP contribution in [0, 0.1) is 6.92 Å². The normalized spacial score (nSPS) is 11.0. The first-order valence-corrected chi connectivity index (χ1v) is 6.77. The summed E-state index contributed by atoms with van der Waals surface area (Å²) in [5.41, 5.74) is 1.97. The summed E-state index contributed by atoms with van der Waals surface area (Å²) >= 11 is 0. The third kappa shape index (κ3) is 2.81. The second-order valence-corrected chi connectivity index (χ2v) is 4.83. The Morgan fingerprint density at radius 1 is 1.24 bits per heavy atom. The number of fused-ring (bicyclic) bond motifs is 1. The molecule has 0 atom stereocenters. The molecule has 0 saturated carbocycles. The fourth-order valence-corrected chi connectivity index (χ4v) is 2.23. The van der Waals surface area contributed by atoms with Gasteiger partial charge >= 0.3 is 5.63 Å². The van der Waals surface area contributed by atoms with Gasteiger partial charge in [0.2, 0.25) is 0 Å². The van der Waals surface area contributed by atoms with Gasteiger partial charge in [-0.25, -0.2) is 4.79 Å². The summed E-state index contributed by atoms with van der Waals surface area (Å²) in [6.45, 7) is 4.14. The van der Waals surface area contributed by atoms with Crippen molar-refractivity contribution < 1.29 is 13.7 Å². The Balaban J connectivity index is 1.88. The second-order valence-electron chi connectivity index (χ2n) is 4.83. The Labute approximate surface area is 121 Å². The van der Waals surface area contributed by atoms with Crippen molar-refractivity contribution in [2.45, 2.75) is 26.9 Å². The standard InChI is InChI=1S/C16H15NO4/c1-3-11-7-16(18)20-15-8-12(4-5-14(11)15)19-9-13-6-10(2)17-21-13/h4-8H,3,9H2,1-2H3. The topological polar surface area (TPSA) is 65.5 Å². The van der Waals surface area contributed by atoms with E-state index in [0.29, 0.717) is 17.1 Å². The van der Waals surface area contributed by atoms with Gasteiger partial charge in [0.1, 0.15) is 17.9 Å². The molecule has 3 rings (SSSR count). The van der Waals surface area contributed by atoms with E-state index in [9.17, 15) is 4.79 Å². The number of aryl methyl sites for hydroxylation is 2. The van der Waals surface area contributed by atoms with E-state index in [1.54, 1.807) is 6.07 Å². The van der Waals surface area contributed by atoms with Crippen LogP contribution in [0.3, 0.4) is 0 Å². The van der Waals surface area contributed by atoms with Gasteiger partial charge in [-0.05, 0) is 31.0 Å². The molecule has 0 unspecified atom stereocenters. The van der Waals surface area contributed by atoms with Crippen molar-refractivity contribution in [3.8, 4) is 5.75 Å². The predicted octanol–water partition coefficient (Wildman–Crippen LogP) is 3.23. The monoisotopic (exact) mass is 285 g/mol. The van der Waals surface area contributed by atoms with Crippen molar-refractivity contribution in [1.29, 1.82) is 0 Å². The largest absolute Gasteiger partial charge is 0.485 e. The first-order valence-electron chi connectivity index (χ1n) is 6.77. The lowest BCUT2D eigenvalue weighted by Crippen LogP contribution is -2.00. The third-order valence-electron chi connectivity index (χ3n) is 3.24. The maximum atomic E-state index is 11.5. The van der Waals surface area contributed by atoms with E-state index in [2.05, 4.69) is 5.16 Å². The van der Waals surface area contributed by atoms with Crippen LogP contribution in [0.2, 0.25) is 0 Å². The fraction of sp³-hybridized carbons (Fsp3) is 0.250. The van der Waals surface area contributed by atoms with E-state index in [1.165, 1.54) is 6.07 Å². The van der Waals surface area contributed by atoms with Gasteiger partial charge in [0.25, 0.3) is 0 Å². The molecule has 0 amide bonds. The van der Waals surface area contributed by atoms with Crippen LogP contribution in [0.25, 0.3) is 11.0 Å². The third-order valence-corrected chi connectivity index (χ3v) is 3.24. The molecular weight excluding hydrogens is 270 g/mol. The predicted molar refractivity (Wildman–Crippen MR) is 77.4 cm³/mol. The first kappa shape index (κ1) is 13.4. The molecule has 0 aliphatic heterocycles. The van der Waals surface area contributed by atoms with Gasteiger partial charge in [-0.3, -0.25) is 0 Å². The molecule has 0 aliphatic carbocycles. The van der Waals surface area contributed by atoms with E-state index in [4.69, 9.17) is 13.7 Å². The summed E-state index contributed by atoms with van der Waals surface area (Å²) in [6.07, 6.45) is 0.777. The minimum atomic E-state index is -0.345. The van der Waals surface area contributed by atoms with Gasteiger partial charge in [-0.1, -0.05) is 12.1 Å². The van der Waals surface area contributed by atoms with Gasteiger partial charge in [-0.2, -0.15) is 0 Å². The average Bonchev–Trinajstić information content (AvgIpc) is 2.89. The number of aromatic nitrogens is 1. The van der Waals surface area contributed by atoms with E-state index >= 15 is 0 Å². The molecule has 0 spiro atoms. The van der Waals surface area contributed by atoms with Crippen LogP contribution in [0.5, 0.6) is 5.75 Å². The van der Waals surface area contributed by atoms with Crippen LogP contribution < -0.4 is 10.4 Å². The number of hydrogen-bond acceptors (Lipinski definition) is 5. The molecule has 0 bridgehead atoms. The highest BCUT2D eigenvalue weighted by Crippen LogP contribution is 2.23. The van der Waals surface area contributed by atoms with Crippen LogP contribution >= 0.6 is 0 Å². The van der Waals surface area contributed by atoms with Crippen molar-refractivity contribution >= 4 is 11.0 Å². The summed E-state index contributed by atoms with van der Waals surface area (Å²) < 4.78 is 15.9. The maximum Gasteiger partial charge on any atom is 0.336 e.